The van der Waals surface area contributed by atoms with Crippen molar-refractivity contribution in [1.82, 2.24) is 15.0 Å². The van der Waals surface area contributed by atoms with E-state index in [1.54, 1.807) is 16.1 Å². The van der Waals surface area contributed by atoms with E-state index >= 15 is 0 Å². The zero-order chi connectivity index (χ0) is 20.4. The number of halogens is 1. The van der Waals surface area contributed by atoms with Gasteiger partial charge in [0.15, 0.2) is 17.3 Å². The van der Waals surface area contributed by atoms with Crippen LogP contribution in [0.5, 0.6) is 0 Å². The van der Waals surface area contributed by atoms with Crippen LogP contribution in [-0.4, -0.2) is 51.3 Å². The Bertz CT molecular complexity index is 944. The SMILES string of the molecule is O=C(O)c1ncnc(N2CCC(C(=O)N3N=CC[C@H]3c3ccccc3)CC2)c1F. The monoisotopic (exact) mass is 397 g/mol. The quantitative estimate of drug-likeness (QED) is 0.851. The molecular weight excluding hydrogens is 377 g/mol. The fourth-order valence-electron chi connectivity index (χ4n) is 3.83. The lowest BCUT2D eigenvalue weighted by molar-refractivity contribution is -0.138. The van der Waals surface area contributed by atoms with Gasteiger partial charge in [-0.15, -0.1) is 0 Å². The molecule has 0 saturated carbocycles. The number of hydrogen-bond donors (Lipinski definition) is 1. The summed E-state index contributed by atoms with van der Waals surface area (Å²) in [7, 11) is 0. The Morgan fingerprint density at radius 2 is 1.83 bits per heavy atom. The van der Waals surface area contributed by atoms with E-state index < -0.39 is 17.5 Å². The number of anilines is 1. The van der Waals surface area contributed by atoms with Gasteiger partial charge in [-0.3, -0.25) is 4.79 Å². The molecule has 2 aliphatic heterocycles. The van der Waals surface area contributed by atoms with Crippen LogP contribution >= 0.6 is 0 Å². The van der Waals surface area contributed by atoms with Gasteiger partial charge in [0.1, 0.15) is 6.33 Å². The van der Waals surface area contributed by atoms with E-state index in [2.05, 4.69) is 15.1 Å². The van der Waals surface area contributed by atoms with Crippen molar-refractivity contribution in [3.05, 3.63) is 53.7 Å². The molecule has 1 amide bonds. The molecule has 1 aromatic carbocycles. The highest BCUT2D eigenvalue weighted by molar-refractivity contribution is 5.86. The van der Waals surface area contributed by atoms with E-state index in [0.29, 0.717) is 32.4 Å². The summed E-state index contributed by atoms with van der Waals surface area (Å²) in [4.78, 5) is 33.2. The summed E-state index contributed by atoms with van der Waals surface area (Å²) >= 11 is 0. The smallest absolute Gasteiger partial charge is 0.357 e. The van der Waals surface area contributed by atoms with Crippen molar-refractivity contribution in [2.24, 2.45) is 11.0 Å². The van der Waals surface area contributed by atoms with Gasteiger partial charge in [0.2, 0.25) is 5.91 Å². The van der Waals surface area contributed by atoms with Gasteiger partial charge >= 0.3 is 5.97 Å². The topological polar surface area (TPSA) is 99.0 Å². The number of carboxylic acid groups (broad SMARTS) is 1. The Labute approximate surface area is 166 Å². The number of benzene rings is 1. The first kappa shape index (κ1) is 19.0. The third-order valence-electron chi connectivity index (χ3n) is 5.36. The molecule has 0 radical (unpaired) electrons. The molecule has 1 aromatic heterocycles. The summed E-state index contributed by atoms with van der Waals surface area (Å²) in [5, 5.41) is 14.9. The Morgan fingerprint density at radius 1 is 1.10 bits per heavy atom. The van der Waals surface area contributed by atoms with Crippen LogP contribution < -0.4 is 4.90 Å². The van der Waals surface area contributed by atoms with Crippen molar-refractivity contribution >= 4 is 23.9 Å². The first-order chi connectivity index (χ1) is 14.1. The molecule has 1 atom stereocenters. The van der Waals surface area contributed by atoms with Crippen LogP contribution in [0.1, 0.15) is 41.4 Å². The maximum atomic E-state index is 14.4. The standard InChI is InChI=1S/C20H20FN5O3/c21-16-17(20(28)29)22-12-23-18(16)25-10-7-14(8-11-25)19(27)26-15(6-9-24-26)13-4-2-1-3-5-13/h1-5,9,12,14-15H,6-8,10-11H2,(H,28,29)/t15-/m0/s1. The molecule has 0 spiro atoms. The molecule has 1 N–H and O–H groups in total. The maximum Gasteiger partial charge on any atom is 0.357 e. The molecule has 1 fully saturated rings. The van der Waals surface area contributed by atoms with Crippen molar-refractivity contribution < 1.29 is 19.1 Å². The molecule has 150 valence electrons. The summed E-state index contributed by atoms with van der Waals surface area (Å²) < 4.78 is 14.4. The van der Waals surface area contributed by atoms with Crippen molar-refractivity contribution in [2.45, 2.75) is 25.3 Å². The molecular formula is C20H20FN5O3. The predicted molar refractivity (Wildman–Crippen MR) is 103 cm³/mol. The number of carbonyl (C=O) groups is 2. The molecule has 1 saturated heterocycles. The van der Waals surface area contributed by atoms with Crippen molar-refractivity contribution in [1.29, 1.82) is 0 Å². The van der Waals surface area contributed by atoms with Crippen LogP contribution in [0.15, 0.2) is 41.8 Å². The molecule has 2 aliphatic rings. The number of amides is 1. The number of hydrogen-bond acceptors (Lipinski definition) is 6. The summed E-state index contributed by atoms with van der Waals surface area (Å²) in [5.41, 5.74) is 0.394. The van der Waals surface area contributed by atoms with Gasteiger partial charge in [0.25, 0.3) is 0 Å². The number of carbonyl (C=O) groups excluding carboxylic acids is 1. The van der Waals surface area contributed by atoms with E-state index in [1.165, 1.54) is 0 Å². The highest BCUT2D eigenvalue weighted by Gasteiger charge is 2.35. The number of piperidine rings is 1. The molecule has 29 heavy (non-hydrogen) atoms. The van der Waals surface area contributed by atoms with E-state index in [0.717, 1.165) is 11.9 Å². The average molecular weight is 397 g/mol. The lowest BCUT2D eigenvalue weighted by Gasteiger charge is -2.34. The van der Waals surface area contributed by atoms with Gasteiger partial charge in [-0.2, -0.15) is 5.10 Å². The third kappa shape index (κ3) is 3.67. The highest BCUT2D eigenvalue weighted by atomic mass is 19.1. The normalized spacial score (nSPS) is 19.6. The number of nitrogens with zero attached hydrogens (tertiary/aromatic N) is 5. The van der Waals surface area contributed by atoms with Crippen LogP contribution in [0.25, 0.3) is 0 Å². The predicted octanol–water partition coefficient (Wildman–Crippen LogP) is 2.49. The van der Waals surface area contributed by atoms with Crippen LogP contribution in [-0.2, 0) is 4.79 Å². The molecule has 8 nitrogen and oxygen atoms in total. The zero-order valence-electron chi connectivity index (χ0n) is 15.6. The van der Waals surface area contributed by atoms with Gasteiger partial charge in [-0.05, 0) is 18.4 Å². The Kier molecular flexibility index (Phi) is 5.20. The summed E-state index contributed by atoms with van der Waals surface area (Å²) in [6.45, 7) is 0.800. The number of rotatable bonds is 4. The van der Waals surface area contributed by atoms with Crippen LogP contribution in [0.3, 0.4) is 0 Å². The summed E-state index contributed by atoms with van der Waals surface area (Å²) in [6, 6.07) is 9.69. The molecule has 9 heteroatoms. The molecule has 2 aromatic rings. The fourth-order valence-corrected chi connectivity index (χ4v) is 3.83. The van der Waals surface area contributed by atoms with Gasteiger partial charge in [-0.1, -0.05) is 30.3 Å². The van der Waals surface area contributed by atoms with E-state index in [1.807, 2.05) is 30.3 Å². The minimum atomic E-state index is -1.44. The Hall–Kier alpha value is -3.36. The second kappa shape index (κ2) is 7.94. The number of aromatic carboxylic acids is 1. The van der Waals surface area contributed by atoms with Crippen molar-refractivity contribution in [2.75, 3.05) is 18.0 Å². The van der Waals surface area contributed by atoms with Crippen LogP contribution in [0, 0.1) is 11.7 Å². The summed E-state index contributed by atoms with van der Waals surface area (Å²) in [6.07, 6.45) is 4.51. The molecule has 0 bridgehead atoms. The molecule has 0 aliphatic carbocycles. The fraction of sp³-hybridized carbons (Fsp3) is 0.350. The van der Waals surface area contributed by atoms with Gasteiger partial charge < -0.3 is 10.0 Å². The number of hydrazone groups is 1. The lowest BCUT2D eigenvalue weighted by Crippen LogP contribution is -2.41. The van der Waals surface area contributed by atoms with Gasteiger partial charge in [0.05, 0.1) is 6.04 Å². The van der Waals surface area contributed by atoms with Crippen LogP contribution in [0.4, 0.5) is 10.2 Å². The molecule has 3 heterocycles. The minimum Gasteiger partial charge on any atom is -0.476 e. The number of carboxylic acids is 1. The van der Waals surface area contributed by atoms with E-state index in [9.17, 15) is 14.0 Å². The molecule has 4 rings (SSSR count). The average Bonchev–Trinajstić information content (AvgIpc) is 3.24. The largest absolute Gasteiger partial charge is 0.476 e. The van der Waals surface area contributed by atoms with E-state index in [4.69, 9.17) is 5.11 Å². The second-order valence-corrected chi connectivity index (χ2v) is 7.07. The first-order valence-electron chi connectivity index (χ1n) is 9.45. The highest BCUT2D eigenvalue weighted by Crippen LogP contribution is 2.32. The van der Waals surface area contributed by atoms with E-state index in [-0.39, 0.29) is 23.7 Å². The molecule has 0 unspecified atom stereocenters. The summed E-state index contributed by atoms with van der Waals surface area (Å²) in [5.74, 6) is -2.68. The minimum absolute atomic E-state index is 0.0374. The third-order valence-corrected chi connectivity index (χ3v) is 5.36. The van der Waals surface area contributed by atoms with Crippen LogP contribution in [0.2, 0.25) is 0 Å². The maximum absolute atomic E-state index is 14.4. The van der Waals surface area contributed by atoms with Crippen molar-refractivity contribution in [3.63, 3.8) is 0 Å². The van der Waals surface area contributed by atoms with Crippen molar-refractivity contribution in [3.8, 4) is 0 Å². The second-order valence-electron chi connectivity index (χ2n) is 7.07. The first-order valence-corrected chi connectivity index (χ1v) is 9.45. The lowest BCUT2D eigenvalue weighted by atomic mass is 9.94. The Morgan fingerprint density at radius 3 is 2.52 bits per heavy atom. The zero-order valence-corrected chi connectivity index (χ0v) is 15.6. The number of aromatic nitrogens is 2. The Balaban J connectivity index is 1.43. The van der Waals surface area contributed by atoms with Gasteiger partial charge in [0, 0.05) is 31.6 Å². The van der Waals surface area contributed by atoms with Gasteiger partial charge in [-0.25, -0.2) is 24.2 Å².